The summed E-state index contributed by atoms with van der Waals surface area (Å²) < 4.78 is 39.4. The summed E-state index contributed by atoms with van der Waals surface area (Å²) in [6.07, 6.45) is 0.566. The van der Waals surface area contributed by atoms with Crippen LogP contribution in [0.15, 0.2) is 77.0 Å². The molecule has 3 aromatic rings. The number of carbonyl (C=O) groups excluding carboxylic acids is 2. The zero-order chi connectivity index (χ0) is 22.3. The Morgan fingerprint density at radius 2 is 1.58 bits per heavy atom. The Bertz CT molecular complexity index is 1120. The van der Waals surface area contributed by atoms with Gasteiger partial charge >= 0.3 is 11.8 Å². The van der Waals surface area contributed by atoms with Crippen molar-refractivity contribution >= 4 is 33.0 Å². The largest absolute Gasteiger partial charge is 0.348 e. The quantitative estimate of drug-likeness (QED) is 0.399. The van der Waals surface area contributed by atoms with E-state index in [0.717, 1.165) is 17.7 Å². The summed E-state index contributed by atoms with van der Waals surface area (Å²) in [4.78, 5) is 24.7. The minimum Gasteiger partial charge on any atom is -0.348 e. The predicted molar refractivity (Wildman–Crippen MR) is 117 cm³/mol. The van der Waals surface area contributed by atoms with E-state index in [2.05, 4.69) is 10.6 Å². The zero-order valence-corrected chi connectivity index (χ0v) is 18.1. The van der Waals surface area contributed by atoms with E-state index in [1.54, 1.807) is 17.5 Å². The molecular weight excluding hydrogens is 439 g/mol. The number of hydrogen-bond acceptors (Lipinski definition) is 5. The number of halogens is 1. The second-order valence-electron chi connectivity index (χ2n) is 6.70. The van der Waals surface area contributed by atoms with Gasteiger partial charge in [-0.1, -0.05) is 36.4 Å². The molecule has 0 aliphatic rings. The first-order valence-corrected chi connectivity index (χ1v) is 11.9. The zero-order valence-electron chi connectivity index (χ0n) is 16.5. The predicted octanol–water partition coefficient (Wildman–Crippen LogP) is 2.88. The highest BCUT2D eigenvalue weighted by Crippen LogP contribution is 2.31. The van der Waals surface area contributed by atoms with Crippen molar-refractivity contribution in [2.75, 3.05) is 13.1 Å². The van der Waals surface area contributed by atoms with Crippen LogP contribution in [-0.2, 0) is 25.8 Å². The topological polar surface area (TPSA) is 92.3 Å². The lowest BCUT2D eigenvalue weighted by molar-refractivity contribution is -0.139. The molecule has 0 aliphatic carbocycles. The van der Waals surface area contributed by atoms with E-state index in [0.29, 0.717) is 11.3 Å². The van der Waals surface area contributed by atoms with Crippen molar-refractivity contribution in [2.24, 2.45) is 0 Å². The maximum atomic E-state index is 13.2. The minimum atomic E-state index is -3.92. The maximum Gasteiger partial charge on any atom is 0.309 e. The lowest BCUT2D eigenvalue weighted by Gasteiger charge is -2.17. The fourth-order valence-electron chi connectivity index (χ4n) is 2.94. The van der Waals surface area contributed by atoms with Crippen LogP contribution in [0.1, 0.15) is 15.7 Å². The van der Waals surface area contributed by atoms with E-state index in [4.69, 9.17) is 0 Å². The number of nitrogens with one attached hydrogen (secondary N) is 2. The van der Waals surface area contributed by atoms with Crippen molar-refractivity contribution in [1.82, 2.24) is 10.6 Å². The Kier molecular flexibility index (Phi) is 7.54. The molecule has 2 N–H and O–H groups in total. The molecule has 3 rings (SSSR count). The molecule has 0 fully saturated rings. The summed E-state index contributed by atoms with van der Waals surface area (Å²) in [6, 6.07) is 17.3. The first kappa shape index (κ1) is 22.6. The number of thiophene rings is 1. The van der Waals surface area contributed by atoms with Crippen molar-refractivity contribution in [2.45, 2.75) is 16.6 Å². The van der Waals surface area contributed by atoms with Gasteiger partial charge in [0.2, 0.25) is 0 Å². The van der Waals surface area contributed by atoms with Crippen LogP contribution >= 0.6 is 11.3 Å². The number of hydrogen-bond donors (Lipinski definition) is 2. The highest BCUT2D eigenvalue weighted by molar-refractivity contribution is 7.91. The van der Waals surface area contributed by atoms with Gasteiger partial charge in [-0.2, -0.15) is 0 Å². The molecule has 0 saturated carbocycles. The molecule has 162 valence electrons. The molecule has 0 saturated heterocycles. The number of sulfone groups is 1. The molecule has 2 amide bonds. The monoisotopic (exact) mass is 460 g/mol. The smallest absolute Gasteiger partial charge is 0.309 e. The maximum absolute atomic E-state index is 13.2. The molecule has 0 spiro atoms. The molecule has 1 atom stereocenters. The van der Waals surface area contributed by atoms with E-state index in [-0.39, 0.29) is 18.0 Å². The van der Waals surface area contributed by atoms with Gasteiger partial charge in [-0.05, 0) is 47.7 Å². The summed E-state index contributed by atoms with van der Waals surface area (Å²) >= 11 is 1.22. The van der Waals surface area contributed by atoms with Gasteiger partial charge in [0.25, 0.3) is 0 Å². The average Bonchev–Trinajstić information content (AvgIpc) is 3.29. The van der Waals surface area contributed by atoms with Crippen LogP contribution in [0.2, 0.25) is 0 Å². The van der Waals surface area contributed by atoms with Gasteiger partial charge in [0.15, 0.2) is 9.84 Å². The second kappa shape index (κ2) is 10.3. The van der Waals surface area contributed by atoms with Gasteiger partial charge < -0.3 is 10.6 Å². The third-order valence-corrected chi connectivity index (χ3v) is 7.81. The van der Waals surface area contributed by atoms with Crippen molar-refractivity contribution in [3.05, 3.63) is 88.4 Å². The van der Waals surface area contributed by atoms with Crippen LogP contribution in [0.25, 0.3) is 0 Å². The molecule has 9 heteroatoms. The van der Waals surface area contributed by atoms with E-state index in [1.165, 1.54) is 23.5 Å². The standard InChI is InChI=1S/C22H21FN2O4S2/c23-17-8-10-18(11-9-17)31(28,29)20(19-7-4-14-30-19)15-25-22(27)21(26)24-13-12-16-5-2-1-3-6-16/h1-11,14,20H,12-13,15H2,(H,24,26)(H,25,27)/t20-/m0/s1. The molecule has 2 aromatic carbocycles. The Labute approximate surface area is 184 Å². The highest BCUT2D eigenvalue weighted by atomic mass is 32.2. The van der Waals surface area contributed by atoms with E-state index in [9.17, 15) is 22.4 Å². The van der Waals surface area contributed by atoms with Crippen molar-refractivity contribution in [3.8, 4) is 0 Å². The summed E-state index contributed by atoms with van der Waals surface area (Å²) in [5.41, 5.74) is 1.02. The molecule has 1 heterocycles. The molecule has 0 aliphatic heterocycles. The first-order valence-electron chi connectivity index (χ1n) is 9.51. The summed E-state index contributed by atoms with van der Waals surface area (Å²) in [5, 5.41) is 5.56. The van der Waals surface area contributed by atoms with Gasteiger partial charge in [-0.3, -0.25) is 9.59 Å². The molecule has 6 nitrogen and oxygen atoms in total. The Balaban J connectivity index is 1.63. The molecular formula is C22H21FN2O4S2. The summed E-state index contributed by atoms with van der Waals surface area (Å²) in [7, 11) is -3.92. The van der Waals surface area contributed by atoms with Crippen molar-refractivity contribution in [1.29, 1.82) is 0 Å². The third kappa shape index (κ3) is 5.99. The van der Waals surface area contributed by atoms with E-state index >= 15 is 0 Å². The van der Waals surface area contributed by atoms with E-state index < -0.39 is 32.7 Å². The number of rotatable bonds is 8. The van der Waals surface area contributed by atoms with Gasteiger partial charge in [0.05, 0.1) is 4.90 Å². The third-order valence-electron chi connectivity index (χ3n) is 4.57. The Hall–Kier alpha value is -3.04. The SMILES string of the molecule is O=C(NCCc1ccccc1)C(=O)NC[C@@H](c1cccs1)S(=O)(=O)c1ccc(F)cc1. The molecule has 0 radical (unpaired) electrons. The fraction of sp³-hybridized carbons (Fsp3) is 0.182. The molecule has 1 aromatic heterocycles. The van der Waals surface area contributed by atoms with Crippen LogP contribution in [0.5, 0.6) is 0 Å². The first-order chi connectivity index (χ1) is 14.9. The van der Waals surface area contributed by atoms with Crippen LogP contribution in [0.4, 0.5) is 4.39 Å². The van der Waals surface area contributed by atoms with Crippen LogP contribution in [0, 0.1) is 5.82 Å². The van der Waals surface area contributed by atoms with Crippen LogP contribution in [-0.4, -0.2) is 33.3 Å². The van der Waals surface area contributed by atoms with Crippen molar-refractivity contribution < 1.29 is 22.4 Å². The fourth-order valence-corrected chi connectivity index (χ4v) is 5.72. The highest BCUT2D eigenvalue weighted by Gasteiger charge is 2.31. The average molecular weight is 461 g/mol. The summed E-state index contributed by atoms with van der Waals surface area (Å²) in [6.45, 7) is -0.0103. The summed E-state index contributed by atoms with van der Waals surface area (Å²) in [5.74, 6) is -2.30. The van der Waals surface area contributed by atoms with Crippen LogP contribution in [0.3, 0.4) is 0 Å². The lowest BCUT2D eigenvalue weighted by Crippen LogP contribution is -2.42. The number of amides is 2. The minimum absolute atomic E-state index is 0.0612. The van der Waals surface area contributed by atoms with Gasteiger partial charge in [-0.15, -0.1) is 11.3 Å². The van der Waals surface area contributed by atoms with Gasteiger partial charge in [-0.25, -0.2) is 12.8 Å². The molecule has 31 heavy (non-hydrogen) atoms. The van der Waals surface area contributed by atoms with Gasteiger partial charge in [0, 0.05) is 18.0 Å². The van der Waals surface area contributed by atoms with Crippen LogP contribution < -0.4 is 10.6 Å². The Morgan fingerprint density at radius 1 is 0.903 bits per heavy atom. The number of benzene rings is 2. The van der Waals surface area contributed by atoms with Gasteiger partial charge in [0.1, 0.15) is 11.1 Å². The Morgan fingerprint density at radius 3 is 2.23 bits per heavy atom. The van der Waals surface area contributed by atoms with Crippen molar-refractivity contribution in [3.63, 3.8) is 0 Å². The lowest BCUT2D eigenvalue weighted by atomic mass is 10.1. The molecule has 0 bridgehead atoms. The molecule has 0 unspecified atom stereocenters. The second-order valence-corrected chi connectivity index (χ2v) is 9.81. The normalized spacial score (nSPS) is 12.2. The van der Waals surface area contributed by atoms with E-state index in [1.807, 2.05) is 30.3 Å². The number of carbonyl (C=O) groups is 2.